The third kappa shape index (κ3) is 8.07. The van der Waals surface area contributed by atoms with Gasteiger partial charge in [0.1, 0.15) is 18.3 Å². The highest BCUT2D eigenvalue weighted by Gasteiger charge is 2.55. The lowest BCUT2D eigenvalue weighted by atomic mass is 9.85. The molecule has 1 heterocycles. The van der Waals surface area contributed by atoms with Gasteiger partial charge in [-0.1, -0.05) is 64.4 Å². The van der Waals surface area contributed by atoms with Crippen molar-refractivity contribution in [2.24, 2.45) is 17.3 Å². The van der Waals surface area contributed by atoms with E-state index in [1.165, 1.54) is 4.90 Å². The molecular weight excluding hydrogens is 543 g/mol. The number of carbonyl (C=O) groups is 5. The van der Waals surface area contributed by atoms with Crippen LogP contribution in [-0.4, -0.2) is 71.4 Å². The smallest absolute Gasteiger partial charge is 0.408 e. The second-order valence-corrected chi connectivity index (χ2v) is 12.6. The molecule has 1 saturated heterocycles. The summed E-state index contributed by atoms with van der Waals surface area (Å²) in [6.45, 7) is 10.7. The number of likely N-dealkylation sites (tertiary alicyclic amines) is 1. The Morgan fingerprint density at radius 2 is 1.69 bits per heavy atom. The first-order chi connectivity index (χ1) is 19.7. The van der Waals surface area contributed by atoms with Crippen LogP contribution in [-0.2, 0) is 30.5 Å². The molecule has 1 aliphatic carbocycles. The highest BCUT2D eigenvalue weighted by molar-refractivity contribution is 6.38. The van der Waals surface area contributed by atoms with E-state index in [0.29, 0.717) is 12.8 Å². The predicted molar refractivity (Wildman–Crippen MR) is 155 cm³/mol. The van der Waals surface area contributed by atoms with Gasteiger partial charge in [0.05, 0.1) is 12.1 Å². The van der Waals surface area contributed by atoms with Crippen molar-refractivity contribution in [2.75, 3.05) is 6.54 Å². The molecule has 0 aromatic heterocycles. The Kier molecular flexibility index (Phi) is 11.1. The van der Waals surface area contributed by atoms with Crippen LogP contribution in [0.5, 0.6) is 0 Å². The van der Waals surface area contributed by atoms with E-state index in [2.05, 4.69) is 16.0 Å². The zero-order valence-electron chi connectivity index (χ0n) is 25.4. The largest absolute Gasteiger partial charge is 0.447 e. The number of Topliss-reactive ketones (excluding diaryl/α,β-unsaturated/α-hetero) is 1. The summed E-state index contributed by atoms with van der Waals surface area (Å²) in [5, 5.41) is 7.96. The highest BCUT2D eigenvalue weighted by Crippen LogP contribution is 2.44. The van der Waals surface area contributed by atoms with Crippen LogP contribution in [0.1, 0.15) is 72.8 Å². The maximum atomic E-state index is 14.9. The van der Waals surface area contributed by atoms with E-state index in [4.69, 9.17) is 4.74 Å². The van der Waals surface area contributed by atoms with Crippen LogP contribution in [0.15, 0.2) is 30.3 Å². The van der Waals surface area contributed by atoms with E-state index in [0.717, 1.165) is 5.56 Å². The van der Waals surface area contributed by atoms with Crippen molar-refractivity contribution in [2.45, 2.75) is 104 Å². The number of nitrogens with zero attached hydrogens (tertiary/aromatic N) is 1. The first-order valence-corrected chi connectivity index (χ1v) is 14.8. The summed E-state index contributed by atoms with van der Waals surface area (Å²) in [6, 6.07) is 5.93. The van der Waals surface area contributed by atoms with Crippen LogP contribution >= 0.6 is 0 Å². The fraction of sp³-hybridized carbons (Fsp3) is 0.645. The Labute approximate surface area is 247 Å². The minimum atomic E-state index is -1.17. The summed E-state index contributed by atoms with van der Waals surface area (Å²) in [4.78, 5) is 67.4. The molecule has 1 aliphatic heterocycles. The Balaban J connectivity index is 1.81. The van der Waals surface area contributed by atoms with Crippen LogP contribution in [0.2, 0.25) is 0 Å². The maximum absolute atomic E-state index is 14.9. The zero-order valence-corrected chi connectivity index (χ0v) is 25.4. The average Bonchev–Trinajstić information content (AvgIpc) is 3.48. The molecule has 0 bridgehead atoms. The van der Waals surface area contributed by atoms with E-state index in [-0.39, 0.29) is 25.9 Å². The maximum Gasteiger partial charge on any atom is 0.408 e. The lowest BCUT2D eigenvalue weighted by Gasteiger charge is -2.36. The number of hydrogen-bond donors (Lipinski definition) is 3. The van der Waals surface area contributed by atoms with Crippen molar-refractivity contribution in [3.63, 3.8) is 0 Å². The van der Waals surface area contributed by atoms with Crippen molar-refractivity contribution >= 4 is 29.6 Å². The molecule has 1 saturated carbocycles. The third-order valence-electron chi connectivity index (χ3n) is 7.94. The topological polar surface area (TPSA) is 134 Å². The molecule has 42 heavy (non-hydrogen) atoms. The van der Waals surface area contributed by atoms with Crippen LogP contribution in [0.3, 0.4) is 0 Å². The highest BCUT2D eigenvalue weighted by atomic mass is 19.1. The molecule has 3 N–H and O–H groups in total. The summed E-state index contributed by atoms with van der Waals surface area (Å²) in [7, 11) is 0. The van der Waals surface area contributed by atoms with Crippen LogP contribution < -0.4 is 16.0 Å². The molecule has 6 atom stereocenters. The van der Waals surface area contributed by atoms with Crippen LogP contribution in [0.25, 0.3) is 0 Å². The van der Waals surface area contributed by atoms with Crippen molar-refractivity contribution in [1.82, 2.24) is 20.9 Å². The third-order valence-corrected chi connectivity index (χ3v) is 7.94. The molecule has 1 aromatic carbocycles. The van der Waals surface area contributed by atoms with E-state index in [9.17, 15) is 28.4 Å². The molecule has 3 rings (SSSR count). The van der Waals surface area contributed by atoms with Crippen molar-refractivity contribution in [3.05, 3.63) is 35.9 Å². The summed E-state index contributed by atoms with van der Waals surface area (Å²) < 4.78 is 20.1. The van der Waals surface area contributed by atoms with Crippen LogP contribution in [0, 0.1) is 17.3 Å². The molecule has 2 aliphatic rings. The van der Waals surface area contributed by atoms with E-state index in [1.807, 2.05) is 37.3 Å². The van der Waals surface area contributed by atoms with Gasteiger partial charge in [0, 0.05) is 19.0 Å². The lowest BCUT2D eigenvalue weighted by Crippen LogP contribution is -2.60. The molecule has 1 aromatic rings. The summed E-state index contributed by atoms with van der Waals surface area (Å²) in [5.74, 6) is -3.72. The minimum Gasteiger partial charge on any atom is -0.447 e. The van der Waals surface area contributed by atoms with Gasteiger partial charge in [-0.05, 0) is 50.0 Å². The molecule has 232 valence electrons. The number of alkyl carbamates (subject to hydrolysis) is 1. The van der Waals surface area contributed by atoms with Gasteiger partial charge in [-0.15, -0.1) is 0 Å². The molecule has 2 fully saturated rings. The molecule has 0 radical (unpaired) electrons. The van der Waals surface area contributed by atoms with Crippen LogP contribution in [0.4, 0.5) is 9.18 Å². The number of halogens is 1. The number of ether oxygens (including phenoxy) is 1. The van der Waals surface area contributed by atoms with Gasteiger partial charge in [0.25, 0.3) is 5.91 Å². The molecule has 0 spiro atoms. The standard InChI is InChI=1S/C31H45FN4O6/c1-7-11-23(25(37)28(39)33-16-19-12-9-8-10-13-19)34-27(38)24-20-14-15-22(32)21(20)17-36(24)29(40)26(31(4,5)6)35-30(41)42-18(2)3/h8-10,12-13,18,20-24,26H,7,11,14-17H2,1-6H3,(H,33,39)(H,34,38)(H,35,41)/t20-,21-,22-,23?,24?,26?/m0/s1. The SMILES string of the molecule is CCCC(NC(=O)C1[C@H]2CC[C@H](F)[C@H]2CN1C(=O)C(NC(=O)OC(C)C)C(C)(C)C)C(=O)C(=O)NCc1ccccc1. The molecule has 3 unspecified atom stereocenters. The Bertz CT molecular complexity index is 1140. The van der Waals surface area contributed by atoms with E-state index in [1.54, 1.807) is 34.6 Å². The molecule has 11 heteroatoms. The number of alkyl halides is 1. The fourth-order valence-corrected chi connectivity index (χ4v) is 5.84. The number of amides is 4. The number of hydrogen-bond acceptors (Lipinski definition) is 6. The monoisotopic (exact) mass is 588 g/mol. The van der Waals surface area contributed by atoms with Crippen molar-refractivity contribution in [3.8, 4) is 0 Å². The minimum absolute atomic E-state index is 0.0141. The lowest BCUT2D eigenvalue weighted by molar-refractivity contribution is -0.144. The molecular formula is C31H45FN4O6. The molecule has 10 nitrogen and oxygen atoms in total. The van der Waals surface area contributed by atoms with Gasteiger partial charge in [0.15, 0.2) is 0 Å². The number of benzene rings is 1. The number of carbonyl (C=O) groups excluding carboxylic acids is 5. The first kappa shape index (κ1) is 33.0. The van der Waals surface area contributed by atoms with Crippen molar-refractivity contribution < 1.29 is 33.1 Å². The van der Waals surface area contributed by atoms with Gasteiger partial charge in [-0.25, -0.2) is 9.18 Å². The summed E-state index contributed by atoms with van der Waals surface area (Å²) >= 11 is 0. The number of ketones is 1. The van der Waals surface area contributed by atoms with Gasteiger partial charge >= 0.3 is 6.09 Å². The van der Waals surface area contributed by atoms with Gasteiger partial charge in [-0.2, -0.15) is 0 Å². The fourth-order valence-electron chi connectivity index (χ4n) is 5.84. The Morgan fingerprint density at radius 3 is 2.29 bits per heavy atom. The summed E-state index contributed by atoms with van der Waals surface area (Å²) in [6.07, 6.45) is -0.929. The van der Waals surface area contributed by atoms with Gasteiger partial charge in [-0.3, -0.25) is 19.2 Å². The average molecular weight is 589 g/mol. The second-order valence-electron chi connectivity index (χ2n) is 12.6. The predicted octanol–water partition coefficient (Wildman–Crippen LogP) is 3.28. The number of rotatable bonds is 11. The Morgan fingerprint density at radius 1 is 1.02 bits per heavy atom. The number of fused-ring (bicyclic) bond motifs is 1. The second kappa shape index (κ2) is 14.1. The van der Waals surface area contributed by atoms with E-state index >= 15 is 0 Å². The number of nitrogens with one attached hydrogen (secondary N) is 3. The van der Waals surface area contributed by atoms with Gasteiger partial charge < -0.3 is 25.6 Å². The normalized spacial score (nSPS) is 23.1. The quantitative estimate of drug-likeness (QED) is 0.340. The molecule has 4 amide bonds. The first-order valence-electron chi connectivity index (χ1n) is 14.8. The van der Waals surface area contributed by atoms with Gasteiger partial charge in [0.2, 0.25) is 17.6 Å². The zero-order chi connectivity index (χ0) is 31.2. The summed E-state index contributed by atoms with van der Waals surface area (Å²) in [5.41, 5.74) is 0.0700. The van der Waals surface area contributed by atoms with Crippen molar-refractivity contribution in [1.29, 1.82) is 0 Å². The Hall–Kier alpha value is -3.50. The van der Waals surface area contributed by atoms with E-state index < -0.39 is 77.2 Å².